The zero-order valence-corrected chi connectivity index (χ0v) is 13.1. The van der Waals surface area contributed by atoms with Crippen LogP contribution in [0.3, 0.4) is 0 Å². The van der Waals surface area contributed by atoms with Crippen LogP contribution in [0.1, 0.15) is 5.56 Å². The molecule has 2 aromatic heterocycles. The molecule has 0 bridgehead atoms. The molecule has 116 valence electrons. The van der Waals surface area contributed by atoms with E-state index >= 15 is 0 Å². The number of benzene rings is 2. The molecule has 3 nitrogen and oxygen atoms in total. The minimum atomic E-state index is 0.541. The number of hydrogen-bond acceptors (Lipinski definition) is 3. The SMILES string of the molecule is c1ccc(COc2ccc(-c3cnc4ccccc4c3)nc2)cc1. The number of ether oxygens (including phenoxy) is 1. The molecule has 24 heavy (non-hydrogen) atoms. The number of para-hydroxylation sites is 1. The molecular weight excluding hydrogens is 296 g/mol. The molecule has 4 rings (SSSR count). The van der Waals surface area contributed by atoms with Gasteiger partial charge in [0, 0.05) is 17.1 Å². The van der Waals surface area contributed by atoms with E-state index in [0.29, 0.717) is 6.61 Å². The molecule has 0 aliphatic carbocycles. The molecule has 0 unspecified atom stereocenters. The largest absolute Gasteiger partial charge is 0.487 e. The van der Waals surface area contributed by atoms with Crippen LogP contribution in [-0.2, 0) is 6.61 Å². The Kier molecular flexibility index (Phi) is 3.90. The molecule has 4 aromatic rings. The quantitative estimate of drug-likeness (QED) is 0.539. The third-order valence-electron chi connectivity index (χ3n) is 3.87. The molecule has 0 amide bonds. The van der Waals surface area contributed by atoms with Gasteiger partial charge in [-0.05, 0) is 29.8 Å². The zero-order valence-electron chi connectivity index (χ0n) is 13.1. The lowest BCUT2D eigenvalue weighted by atomic mass is 10.1. The Morgan fingerprint density at radius 1 is 0.750 bits per heavy atom. The molecule has 0 saturated carbocycles. The Hall–Kier alpha value is -3.20. The summed E-state index contributed by atoms with van der Waals surface area (Å²) in [5, 5.41) is 1.11. The van der Waals surface area contributed by atoms with Gasteiger partial charge in [0.1, 0.15) is 12.4 Å². The van der Waals surface area contributed by atoms with Crippen LogP contribution in [-0.4, -0.2) is 9.97 Å². The van der Waals surface area contributed by atoms with Gasteiger partial charge in [-0.2, -0.15) is 0 Å². The van der Waals surface area contributed by atoms with Crippen molar-refractivity contribution < 1.29 is 4.74 Å². The molecule has 0 radical (unpaired) electrons. The number of fused-ring (bicyclic) bond motifs is 1. The van der Waals surface area contributed by atoms with Gasteiger partial charge < -0.3 is 4.74 Å². The standard InChI is InChI=1S/C21H16N2O/c1-2-6-16(7-3-1)15-24-19-10-11-21(23-14-19)18-12-17-8-4-5-9-20(17)22-13-18/h1-14H,15H2. The Morgan fingerprint density at radius 2 is 1.58 bits per heavy atom. The summed E-state index contributed by atoms with van der Waals surface area (Å²) in [4.78, 5) is 8.99. The van der Waals surface area contributed by atoms with Crippen molar-refractivity contribution >= 4 is 10.9 Å². The van der Waals surface area contributed by atoms with Crippen molar-refractivity contribution in [2.75, 3.05) is 0 Å². The number of hydrogen-bond donors (Lipinski definition) is 0. The molecule has 0 fully saturated rings. The average molecular weight is 312 g/mol. The normalized spacial score (nSPS) is 10.7. The van der Waals surface area contributed by atoms with Gasteiger partial charge in [-0.25, -0.2) is 0 Å². The summed E-state index contributed by atoms with van der Waals surface area (Å²) in [6.45, 7) is 0.541. The first-order valence-electron chi connectivity index (χ1n) is 7.86. The second kappa shape index (κ2) is 6.50. The van der Waals surface area contributed by atoms with Gasteiger partial charge in [0.05, 0.1) is 17.4 Å². The lowest BCUT2D eigenvalue weighted by Gasteiger charge is -2.07. The van der Waals surface area contributed by atoms with Crippen molar-refractivity contribution in [2.24, 2.45) is 0 Å². The van der Waals surface area contributed by atoms with Crippen molar-refractivity contribution in [3.05, 3.63) is 90.8 Å². The zero-order chi connectivity index (χ0) is 16.2. The van der Waals surface area contributed by atoms with Gasteiger partial charge in [0.25, 0.3) is 0 Å². The summed E-state index contributed by atoms with van der Waals surface area (Å²) in [6.07, 6.45) is 3.61. The monoisotopic (exact) mass is 312 g/mol. The smallest absolute Gasteiger partial charge is 0.138 e. The molecule has 0 aliphatic rings. The first-order chi connectivity index (χ1) is 11.9. The van der Waals surface area contributed by atoms with E-state index in [1.54, 1.807) is 6.20 Å². The lowest BCUT2D eigenvalue weighted by molar-refractivity contribution is 0.305. The predicted octanol–water partition coefficient (Wildman–Crippen LogP) is 4.88. The third-order valence-corrected chi connectivity index (χ3v) is 3.87. The van der Waals surface area contributed by atoms with Gasteiger partial charge in [0.2, 0.25) is 0 Å². The van der Waals surface area contributed by atoms with E-state index in [0.717, 1.165) is 33.5 Å². The van der Waals surface area contributed by atoms with Crippen LogP contribution in [0.15, 0.2) is 85.2 Å². The summed E-state index contributed by atoms with van der Waals surface area (Å²) in [7, 11) is 0. The highest BCUT2D eigenvalue weighted by Crippen LogP contribution is 2.22. The van der Waals surface area contributed by atoms with Crippen LogP contribution in [0.4, 0.5) is 0 Å². The maximum absolute atomic E-state index is 5.78. The van der Waals surface area contributed by atoms with E-state index in [1.807, 2.05) is 66.9 Å². The predicted molar refractivity (Wildman–Crippen MR) is 95.7 cm³/mol. The summed E-state index contributed by atoms with van der Waals surface area (Å²) in [5.74, 6) is 0.761. The maximum atomic E-state index is 5.78. The van der Waals surface area contributed by atoms with Gasteiger partial charge in [-0.3, -0.25) is 9.97 Å². The Bertz CT molecular complexity index is 950. The van der Waals surface area contributed by atoms with Crippen LogP contribution in [0.25, 0.3) is 22.2 Å². The molecule has 0 aliphatic heterocycles. The molecule has 2 heterocycles. The van der Waals surface area contributed by atoms with Crippen LogP contribution < -0.4 is 4.74 Å². The number of nitrogens with zero attached hydrogens (tertiary/aromatic N) is 2. The highest BCUT2D eigenvalue weighted by molar-refractivity contribution is 5.82. The Labute approximate surface area is 140 Å². The van der Waals surface area contributed by atoms with E-state index in [9.17, 15) is 0 Å². The fourth-order valence-corrected chi connectivity index (χ4v) is 2.59. The minimum absolute atomic E-state index is 0.541. The van der Waals surface area contributed by atoms with E-state index in [2.05, 4.69) is 22.1 Å². The first kappa shape index (κ1) is 14.4. The van der Waals surface area contributed by atoms with Crippen LogP contribution in [0.5, 0.6) is 5.75 Å². The molecule has 0 atom stereocenters. The maximum Gasteiger partial charge on any atom is 0.138 e. The summed E-state index contributed by atoms with van der Waals surface area (Å²) < 4.78 is 5.78. The van der Waals surface area contributed by atoms with E-state index in [-0.39, 0.29) is 0 Å². The van der Waals surface area contributed by atoms with Gasteiger partial charge in [-0.15, -0.1) is 0 Å². The molecule has 0 saturated heterocycles. The van der Waals surface area contributed by atoms with E-state index in [1.165, 1.54) is 0 Å². The van der Waals surface area contributed by atoms with E-state index in [4.69, 9.17) is 4.74 Å². The summed E-state index contributed by atoms with van der Waals surface area (Å²) in [5.41, 5.74) is 4.02. The van der Waals surface area contributed by atoms with Crippen molar-refractivity contribution in [1.29, 1.82) is 0 Å². The van der Waals surface area contributed by atoms with Crippen LogP contribution >= 0.6 is 0 Å². The highest BCUT2D eigenvalue weighted by atomic mass is 16.5. The van der Waals surface area contributed by atoms with Crippen molar-refractivity contribution in [2.45, 2.75) is 6.61 Å². The van der Waals surface area contributed by atoms with Crippen LogP contribution in [0, 0.1) is 0 Å². The minimum Gasteiger partial charge on any atom is -0.487 e. The summed E-state index contributed by atoms with van der Waals surface area (Å²) >= 11 is 0. The van der Waals surface area contributed by atoms with Crippen molar-refractivity contribution in [3.63, 3.8) is 0 Å². The summed E-state index contributed by atoms with van der Waals surface area (Å²) in [6, 6.07) is 24.2. The van der Waals surface area contributed by atoms with Crippen LogP contribution in [0.2, 0.25) is 0 Å². The number of pyridine rings is 2. The second-order valence-corrected chi connectivity index (χ2v) is 5.57. The highest BCUT2D eigenvalue weighted by Gasteiger charge is 2.03. The van der Waals surface area contributed by atoms with Gasteiger partial charge >= 0.3 is 0 Å². The van der Waals surface area contributed by atoms with Gasteiger partial charge in [-0.1, -0.05) is 48.5 Å². The molecule has 2 aromatic carbocycles. The Balaban J connectivity index is 1.52. The van der Waals surface area contributed by atoms with Gasteiger partial charge in [0.15, 0.2) is 0 Å². The number of aromatic nitrogens is 2. The second-order valence-electron chi connectivity index (χ2n) is 5.57. The third kappa shape index (κ3) is 3.10. The fourth-order valence-electron chi connectivity index (χ4n) is 2.59. The molecule has 3 heteroatoms. The molecular formula is C21H16N2O. The molecule has 0 N–H and O–H groups in total. The average Bonchev–Trinajstić information content (AvgIpc) is 2.67. The van der Waals surface area contributed by atoms with E-state index < -0.39 is 0 Å². The first-order valence-corrected chi connectivity index (χ1v) is 7.86. The van der Waals surface area contributed by atoms with Crippen molar-refractivity contribution in [1.82, 2.24) is 9.97 Å². The molecule has 0 spiro atoms. The Morgan fingerprint density at radius 3 is 2.42 bits per heavy atom. The number of rotatable bonds is 4. The topological polar surface area (TPSA) is 35.0 Å². The lowest BCUT2D eigenvalue weighted by Crippen LogP contribution is -1.95. The fraction of sp³-hybridized carbons (Fsp3) is 0.0476. The van der Waals surface area contributed by atoms with Crippen molar-refractivity contribution in [3.8, 4) is 17.0 Å².